The molecule has 132 valence electrons. The summed E-state index contributed by atoms with van der Waals surface area (Å²) < 4.78 is 30.0. The van der Waals surface area contributed by atoms with Gasteiger partial charge in [-0.2, -0.15) is 4.31 Å². The largest absolute Gasteiger partial charge is 0.450 e. The van der Waals surface area contributed by atoms with E-state index in [2.05, 4.69) is 5.32 Å². The van der Waals surface area contributed by atoms with Crippen LogP contribution in [0.3, 0.4) is 0 Å². The molecule has 2 rings (SSSR count). The lowest BCUT2D eigenvalue weighted by molar-refractivity contribution is -0.122. The topological polar surface area (TPSA) is 96.0 Å². The summed E-state index contributed by atoms with van der Waals surface area (Å²) in [6.45, 7) is 3.48. The van der Waals surface area contributed by atoms with Crippen LogP contribution in [0.25, 0.3) is 0 Å². The molecule has 2 fully saturated rings. The second-order valence-electron chi connectivity index (χ2n) is 5.88. The van der Waals surface area contributed by atoms with E-state index in [4.69, 9.17) is 4.74 Å². The van der Waals surface area contributed by atoms with Crippen LogP contribution in [-0.4, -0.2) is 74.2 Å². The Kier molecular flexibility index (Phi) is 6.23. The van der Waals surface area contributed by atoms with Gasteiger partial charge in [-0.3, -0.25) is 4.79 Å². The highest BCUT2D eigenvalue weighted by Gasteiger charge is 2.29. The van der Waals surface area contributed by atoms with Gasteiger partial charge in [-0.15, -0.1) is 0 Å². The van der Waals surface area contributed by atoms with E-state index in [-0.39, 0.29) is 30.3 Å². The van der Waals surface area contributed by atoms with E-state index < -0.39 is 10.0 Å². The van der Waals surface area contributed by atoms with Crippen molar-refractivity contribution < 1.29 is 22.7 Å². The van der Waals surface area contributed by atoms with Crippen LogP contribution >= 0.6 is 0 Å². The molecule has 0 aromatic carbocycles. The Morgan fingerprint density at radius 2 is 1.87 bits per heavy atom. The van der Waals surface area contributed by atoms with E-state index in [1.807, 2.05) is 0 Å². The van der Waals surface area contributed by atoms with Gasteiger partial charge in [0.25, 0.3) is 0 Å². The van der Waals surface area contributed by atoms with Crippen molar-refractivity contribution in [2.45, 2.75) is 38.6 Å². The molecular weight excluding hydrogens is 322 g/mol. The molecule has 0 atom stereocenters. The number of rotatable bonds is 4. The van der Waals surface area contributed by atoms with E-state index >= 15 is 0 Å². The van der Waals surface area contributed by atoms with Gasteiger partial charge in [0.05, 0.1) is 18.9 Å². The molecule has 23 heavy (non-hydrogen) atoms. The minimum absolute atomic E-state index is 0.0272. The third kappa shape index (κ3) is 5.07. The van der Waals surface area contributed by atoms with Crippen molar-refractivity contribution in [3.63, 3.8) is 0 Å². The van der Waals surface area contributed by atoms with Gasteiger partial charge in [-0.1, -0.05) is 0 Å². The minimum Gasteiger partial charge on any atom is -0.450 e. The monoisotopic (exact) mass is 347 g/mol. The maximum Gasteiger partial charge on any atom is 0.409 e. The average molecular weight is 347 g/mol. The van der Waals surface area contributed by atoms with Gasteiger partial charge >= 0.3 is 6.09 Å². The summed E-state index contributed by atoms with van der Waals surface area (Å²) in [6.07, 6.45) is 2.43. The number of sulfonamides is 1. The van der Waals surface area contributed by atoms with E-state index in [1.54, 1.807) is 11.8 Å². The van der Waals surface area contributed by atoms with Crippen LogP contribution in [0.15, 0.2) is 0 Å². The summed E-state index contributed by atoms with van der Waals surface area (Å²) >= 11 is 0. The normalized spacial score (nSPS) is 22.6. The molecule has 2 saturated heterocycles. The second kappa shape index (κ2) is 7.96. The fourth-order valence-electron chi connectivity index (χ4n) is 2.87. The Bertz CT molecular complexity index is 529. The number of hydrogen-bond donors (Lipinski definition) is 1. The van der Waals surface area contributed by atoms with Gasteiger partial charge in [0.1, 0.15) is 0 Å². The summed E-state index contributed by atoms with van der Waals surface area (Å²) in [5.41, 5.74) is 0. The number of carbonyl (C=O) groups excluding carboxylic acids is 2. The van der Waals surface area contributed by atoms with E-state index in [0.29, 0.717) is 45.5 Å². The molecule has 0 bridgehead atoms. The molecule has 0 spiro atoms. The Labute approximate surface area is 137 Å². The van der Waals surface area contributed by atoms with Gasteiger partial charge in [0, 0.05) is 25.7 Å². The van der Waals surface area contributed by atoms with E-state index in [1.165, 1.54) is 4.31 Å². The molecule has 0 aliphatic carbocycles. The highest BCUT2D eigenvalue weighted by atomic mass is 32.2. The van der Waals surface area contributed by atoms with Crippen molar-refractivity contribution in [3.05, 3.63) is 0 Å². The van der Waals surface area contributed by atoms with Gasteiger partial charge in [-0.05, 0) is 32.6 Å². The number of hydrogen-bond acceptors (Lipinski definition) is 5. The van der Waals surface area contributed by atoms with Crippen LogP contribution in [0.2, 0.25) is 0 Å². The molecule has 0 radical (unpaired) electrons. The first kappa shape index (κ1) is 18.0. The van der Waals surface area contributed by atoms with E-state index in [0.717, 1.165) is 6.42 Å². The smallest absolute Gasteiger partial charge is 0.409 e. The van der Waals surface area contributed by atoms with Crippen LogP contribution in [0, 0.1) is 0 Å². The third-order valence-electron chi connectivity index (χ3n) is 4.16. The van der Waals surface area contributed by atoms with Crippen LogP contribution in [0.5, 0.6) is 0 Å². The first-order valence-corrected chi connectivity index (χ1v) is 9.72. The molecule has 0 aromatic rings. The standard InChI is InChI=1S/C14H25N3O5S/c1-2-22-14(19)16-8-5-12(6-9-16)15-13(18)11-17-7-3-4-10-23(17,20)21/h12H,2-11H2,1H3,(H,15,18). The zero-order chi connectivity index (χ0) is 16.9. The molecular formula is C14H25N3O5S. The fourth-order valence-corrected chi connectivity index (χ4v) is 4.42. The van der Waals surface area contributed by atoms with Crippen LogP contribution < -0.4 is 5.32 Å². The van der Waals surface area contributed by atoms with Crippen molar-refractivity contribution in [2.75, 3.05) is 38.5 Å². The maximum atomic E-state index is 12.1. The Morgan fingerprint density at radius 3 is 2.48 bits per heavy atom. The number of carbonyl (C=O) groups is 2. The summed E-state index contributed by atoms with van der Waals surface area (Å²) in [6, 6.07) is -0.0272. The molecule has 2 amide bonds. The zero-order valence-corrected chi connectivity index (χ0v) is 14.3. The van der Waals surface area contributed by atoms with Gasteiger partial charge in [-0.25, -0.2) is 13.2 Å². The molecule has 0 aromatic heterocycles. The number of amides is 2. The quantitative estimate of drug-likeness (QED) is 0.781. The maximum absolute atomic E-state index is 12.1. The van der Waals surface area contributed by atoms with Crippen molar-refractivity contribution in [1.82, 2.24) is 14.5 Å². The Morgan fingerprint density at radius 1 is 1.17 bits per heavy atom. The second-order valence-corrected chi connectivity index (χ2v) is 7.97. The summed E-state index contributed by atoms with van der Waals surface area (Å²) in [5.74, 6) is -0.150. The predicted octanol–water partition coefficient (Wildman–Crippen LogP) is 0.149. The lowest BCUT2D eigenvalue weighted by atomic mass is 10.1. The molecule has 0 saturated carbocycles. The number of nitrogens with zero attached hydrogens (tertiary/aromatic N) is 2. The number of ether oxygens (including phenoxy) is 1. The first-order valence-electron chi connectivity index (χ1n) is 8.11. The highest BCUT2D eigenvalue weighted by molar-refractivity contribution is 7.89. The number of nitrogens with one attached hydrogen (secondary N) is 1. The zero-order valence-electron chi connectivity index (χ0n) is 13.5. The molecule has 9 heteroatoms. The predicted molar refractivity (Wildman–Crippen MR) is 84.4 cm³/mol. The van der Waals surface area contributed by atoms with Crippen LogP contribution in [0.4, 0.5) is 4.79 Å². The third-order valence-corrected chi connectivity index (χ3v) is 6.06. The molecule has 2 aliphatic rings. The number of piperidine rings is 1. The molecule has 1 N–H and O–H groups in total. The molecule has 2 aliphatic heterocycles. The highest BCUT2D eigenvalue weighted by Crippen LogP contribution is 2.14. The van der Waals surface area contributed by atoms with Crippen molar-refractivity contribution in [3.8, 4) is 0 Å². The molecule has 0 unspecified atom stereocenters. The molecule has 8 nitrogen and oxygen atoms in total. The Hall–Kier alpha value is -1.35. The summed E-state index contributed by atoms with van der Waals surface area (Å²) in [7, 11) is -3.28. The van der Waals surface area contributed by atoms with E-state index in [9.17, 15) is 18.0 Å². The average Bonchev–Trinajstić information content (AvgIpc) is 2.50. The fraction of sp³-hybridized carbons (Fsp3) is 0.857. The lowest BCUT2D eigenvalue weighted by Gasteiger charge is -2.32. The van der Waals surface area contributed by atoms with Crippen LogP contribution in [0.1, 0.15) is 32.6 Å². The van der Waals surface area contributed by atoms with Gasteiger partial charge in [0.2, 0.25) is 15.9 Å². The SMILES string of the molecule is CCOC(=O)N1CCC(NC(=O)CN2CCCCS2(=O)=O)CC1. The first-order chi connectivity index (χ1) is 10.9. The van der Waals surface area contributed by atoms with Crippen molar-refractivity contribution in [1.29, 1.82) is 0 Å². The molecule has 2 heterocycles. The van der Waals surface area contributed by atoms with Crippen LogP contribution in [-0.2, 0) is 19.6 Å². The van der Waals surface area contributed by atoms with Gasteiger partial charge < -0.3 is 15.0 Å². The summed E-state index contributed by atoms with van der Waals surface area (Å²) in [4.78, 5) is 25.3. The van der Waals surface area contributed by atoms with Crippen molar-refractivity contribution >= 4 is 22.0 Å². The summed E-state index contributed by atoms with van der Waals surface area (Å²) in [5, 5.41) is 2.87. The van der Waals surface area contributed by atoms with Crippen molar-refractivity contribution in [2.24, 2.45) is 0 Å². The number of likely N-dealkylation sites (tertiary alicyclic amines) is 1. The minimum atomic E-state index is -3.28. The Balaban J connectivity index is 1.75. The van der Waals surface area contributed by atoms with Gasteiger partial charge in [0.15, 0.2) is 0 Å². The lowest BCUT2D eigenvalue weighted by Crippen LogP contribution is -2.50.